The van der Waals surface area contributed by atoms with Gasteiger partial charge in [-0.05, 0) is 76.2 Å². The summed E-state index contributed by atoms with van der Waals surface area (Å²) >= 11 is 0. The second-order valence-electron chi connectivity index (χ2n) is 16.0. The van der Waals surface area contributed by atoms with Crippen molar-refractivity contribution in [3.8, 4) is 73.1 Å². The highest BCUT2D eigenvalue weighted by atomic mass is 15.0. The molecule has 9 aromatic carbocycles. The van der Waals surface area contributed by atoms with Gasteiger partial charge in [0, 0.05) is 49.5 Å². The number of fused-ring (bicyclic) bond motifs is 6. The maximum Gasteiger partial charge on any atom is 0.160 e. The summed E-state index contributed by atoms with van der Waals surface area (Å²) in [4.78, 5) is 15.5. The molecule has 3 aromatic heterocycles. The first kappa shape index (κ1) is 36.4. The van der Waals surface area contributed by atoms with Gasteiger partial charge in [-0.2, -0.15) is 0 Å². The monoisotopic (exact) mass is 802 g/mol. The summed E-state index contributed by atoms with van der Waals surface area (Å²) in [6.07, 6.45) is 0. The van der Waals surface area contributed by atoms with Gasteiger partial charge in [-0.25, -0.2) is 15.0 Å². The summed E-state index contributed by atoms with van der Waals surface area (Å²) in [7, 11) is 0. The molecule has 0 radical (unpaired) electrons. The summed E-state index contributed by atoms with van der Waals surface area (Å²) in [5.41, 5.74) is 16.0. The lowest BCUT2D eigenvalue weighted by molar-refractivity contribution is 1.18. The van der Waals surface area contributed by atoms with Crippen molar-refractivity contribution in [3.63, 3.8) is 0 Å². The maximum atomic E-state index is 5.27. The molecule has 12 aromatic rings. The largest absolute Gasteiger partial charge is 0.309 e. The van der Waals surface area contributed by atoms with Crippen LogP contribution in [-0.4, -0.2) is 19.5 Å². The first-order valence-corrected chi connectivity index (χ1v) is 21.4. The Hall–Kier alpha value is -8.47. The van der Waals surface area contributed by atoms with Crippen molar-refractivity contribution in [2.75, 3.05) is 0 Å². The number of nitrogens with zero attached hydrogens (tertiary/aromatic N) is 4. The molecule has 294 valence electrons. The molecule has 0 amide bonds. The van der Waals surface area contributed by atoms with E-state index in [1.165, 1.54) is 21.7 Å². The number of hydrogen-bond donors (Lipinski definition) is 0. The Morgan fingerprint density at radius 1 is 0.302 bits per heavy atom. The predicted molar refractivity (Wildman–Crippen MR) is 262 cm³/mol. The highest BCUT2D eigenvalue weighted by Gasteiger charge is 2.20. The van der Waals surface area contributed by atoms with Gasteiger partial charge in [-0.15, -0.1) is 0 Å². The van der Waals surface area contributed by atoms with Crippen LogP contribution >= 0.6 is 0 Å². The fourth-order valence-electron chi connectivity index (χ4n) is 9.19. The standard InChI is InChI=1S/C59H38N4/c1-5-17-41(18-6-1)53-38-54(42-19-7-2-8-20-42)62-59(61-53)45-24-15-23-44(35-45)39-31-33-40(34-32-39)47-28-16-30-55-57(47)51-36-49-48-27-13-14-29-52(48)60-58(43-21-9-3-10-22-43)50(49)37-56(51)63(55)46-25-11-4-12-26-46/h1-38H. The van der Waals surface area contributed by atoms with Gasteiger partial charge in [-0.1, -0.05) is 182 Å². The number of pyridine rings is 1. The molecule has 0 bridgehead atoms. The number of aromatic nitrogens is 4. The molecule has 0 N–H and O–H groups in total. The average molecular weight is 803 g/mol. The summed E-state index contributed by atoms with van der Waals surface area (Å²) in [6.45, 7) is 0. The Balaban J connectivity index is 1.00. The van der Waals surface area contributed by atoms with Crippen molar-refractivity contribution in [1.82, 2.24) is 19.5 Å². The van der Waals surface area contributed by atoms with E-state index in [0.717, 1.165) is 89.0 Å². The minimum Gasteiger partial charge on any atom is -0.309 e. The number of para-hydroxylation sites is 2. The molecule has 0 spiro atoms. The van der Waals surface area contributed by atoms with Gasteiger partial charge >= 0.3 is 0 Å². The van der Waals surface area contributed by atoms with E-state index in [-0.39, 0.29) is 0 Å². The normalized spacial score (nSPS) is 11.5. The quantitative estimate of drug-likeness (QED) is 0.151. The van der Waals surface area contributed by atoms with E-state index in [9.17, 15) is 0 Å². The van der Waals surface area contributed by atoms with E-state index >= 15 is 0 Å². The van der Waals surface area contributed by atoms with Crippen LogP contribution in [-0.2, 0) is 0 Å². The molecule has 0 fully saturated rings. The molecule has 0 saturated carbocycles. The van der Waals surface area contributed by atoms with E-state index in [4.69, 9.17) is 15.0 Å². The first-order valence-electron chi connectivity index (χ1n) is 21.4. The van der Waals surface area contributed by atoms with E-state index in [0.29, 0.717) is 5.82 Å². The van der Waals surface area contributed by atoms with E-state index in [1.54, 1.807) is 0 Å². The second kappa shape index (κ2) is 15.2. The van der Waals surface area contributed by atoms with Crippen LogP contribution in [0.5, 0.6) is 0 Å². The molecule has 4 heteroatoms. The molecule has 0 unspecified atom stereocenters. The minimum absolute atomic E-state index is 0.696. The van der Waals surface area contributed by atoms with Crippen molar-refractivity contribution in [2.24, 2.45) is 0 Å². The molecule has 0 atom stereocenters. The van der Waals surface area contributed by atoms with Crippen molar-refractivity contribution < 1.29 is 0 Å². The lowest BCUT2D eigenvalue weighted by atomic mass is 9.94. The van der Waals surface area contributed by atoms with Crippen LogP contribution in [0, 0.1) is 0 Å². The van der Waals surface area contributed by atoms with Gasteiger partial charge in [0.2, 0.25) is 0 Å². The van der Waals surface area contributed by atoms with Crippen LogP contribution in [0.2, 0.25) is 0 Å². The second-order valence-corrected chi connectivity index (χ2v) is 16.0. The summed E-state index contributed by atoms with van der Waals surface area (Å²) in [5, 5.41) is 5.90. The zero-order valence-electron chi connectivity index (χ0n) is 34.2. The Morgan fingerprint density at radius 2 is 0.873 bits per heavy atom. The fourth-order valence-corrected chi connectivity index (χ4v) is 9.19. The molecular weight excluding hydrogens is 765 g/mol. The van der Waals surface area contributed by atoms with Crippen molar-refractivity contribution in [2.45, 2.75) is 0 Å². The predicted octanol–water partition coefficient (Wildman–Crippen LogP) is 15.3. The van der Waals surface area contributed by atoms with Gasteiger partial charge in [-0.3, -0.25) is 0 Å². The molecule has 0 aliphatic carbocycles. The average Bonchev–Trinajstić information content (AvgIpc) is 3.70. The minimum atomic E-state index is 0.696. The van der Waals surface area contributed by atoms with Crippen molar-refractivity contribution in [1.29, 1.82) is 0 Å². The van der Waals surface area contributed by atoms with Crippen LogP contribution in [0.15, 0.2) is 231 Å². The maximum absolute atomic E-state index is 5.27. The first-order chi connectivity index (χ1) is 31.2. The lowest BCUT2D eigenvalue weighted by Crippen LogP contribution is -1.96. The van der Waals surface area contributed by atoms with E-state index < -0.39 is 0 Å². The van der Waals surface area contributed by atoms with Crippen LogP contribution in [0.3, 0.4) is 0 Å². The molecule has 12 rings (SSSR count). The zero-order valence-corrected chi connectivity index (χ0v) is 34.2. The fraction of sp³-hybridized carbons (Fsp3) is 0. The molecule has 0 aliphatic heterocycles. The third kappa shape index (κ3) is 6.44. The number of rotatable bonds is 7. The number of hydrogen-bond acceptors (Lipinski definition) is 3. The summed E-state index contributed by atoms with van der Waals surface area (Å²) < 4.78 is 2.41. The molecule has 0 saturated heterocycles. The summed E-state index contributed by atoms with van der Waals surface area (Å²) in [5.74, 6) is 0.696. The highest BCUT2D eigenvalue weighted by molar-refractivity contribution is 6.23. The third-order valence-corrected chi connectivity index (χ3v) is 12.2. The van der Waals surface area contributed by atoms with Crippen molar-refractivity contribution in [3.05, 3.63) is 231 Å². The van der Waals surface area contributed by atoms with Gasteiger partial charge in [0.1, 0.15) is 0 Å². The Kier molecular flexibility index (Phi) is 8.79. The van der Waals surface area contributed by atoms with Crippen LogP contribution in [0.1, 0.15) is 0 Å². The van der Waals surface area contributed by atoms with Gasteiger partial charge in [0.05, 0.1) is 33.6 Å². The SMILES string of the molecule is c1ccc(-c2cc(-c3ccccc3)nc(-c3cccc(-c4ccc(-c5cccc6c5c5cc7c(cc5n6-c5ccccc5)c(-c5ccccc5)nc5ccccc57)cc4)c3)n2)cc1. The third-order valence-electron chi connectivity index (χ3n) is 12.2. The van der Waals surface area contributed by atoms with Crippen molar-refractivity contribution >= 4 is 43.5 Å². The molecule has 4 nitrogen and oxygen atoms in total. The van der Waals surface area contributed by atoms with Crippen LogP contribution < -0.4 is 0 Å². The molecule has 63 heavy (non-hydrogen) atoms. The van der Waals surface area contributed by atoms with Gasteiger partial charge in [0.25, 0.3) is 0 Å². The Bertz CT molecular complexity index is 3580. The summed E-state index contributed by atoms with van der Waals surface area (Å²) in [6, 6.07) is 81.6. The zero-order chi connectivity index (χ0) is 41.7. The topological polar surface area (TPSA) is 43.6 Å². The molecule has 0 aliphatic rings. The van der Waals surface area contributed by atoms with Crippen LogP contribution in [0.4, 0.5) is 0 Å². The Labute approximate surface area is 365 Å². The molecule has 3 heterocycles. The Morgan fingerprint density at radius 3 is 1.57 bits per heavy atom. The van der Waals surface area contributed by atoms with E-state index in [2.05, 4.69) is 223 Å². The van der Waals surface area contributed by atoms with Gasteiger partial charge < -0.3 is 4.57 Å². The molecular formula is C59H38N4. The van der Waals surface area contributed by atoms with Gasteiger partial charge in [0.15, 0.2) is 5.82 Å². The smallest absolute Gasteiger partial charge is 0.160 e. The van der Waals surface area contributed by atoms with Crippen LogP contribution in [0.25, 0.3) is 117 Å². The number of benzene rings is 9. The lowest BCUT2D eigenvalue weighted by Gasteiger charge is -2.12. The highest BCUT2D eigenvalue weighted by Crippen LogP contribution is 2.43. The van der Waals surface area contributed by atoms with E-state index in [1.807, 2.05) is 12.1 Å².